The first-order valence-corrected chi connectivity index (χ1v) is 7.88. The average Bonchev–Trinajstić information content (AvgIpc) is 3.02. The molecule has 24 heavy (non-hydrogen) atoms. The highest BCUT2D eigenvalue weighted by molar-refractivity contribution is 5.56. The van der Waals surface area contributed by atoms with E-state index < -0.39 is 0 Å². The molecule has 0 amide bonds. The van der Waals surface area contributed by atoms with Gasteiger partial charge in [0.2, 0.25) is 0 Å². The van der Waals surface area contributed by atoms with Crippen molar-refractivity contribution < 1.29 is 0 Å². The molecule has 0 aliphatic rings. The molecule has 0 saturated carbocycles. The lowest BCUT2D eigenvalue weighted by Crippen LogP contribution is -2.21. The minimum Gasteiger partial charge on any atom is -0.289 e. The lowest BCUT2D eigenvalue weighted by molar-refractivity contribution is 0.463. The molecule has 0 aliphatic carbocycles. The SMILES string of the molecule is CCC(C)n1nc(-c2ccc(C#Cc3ccncc3)cc2)[nH]c1=O. The Morgan fingerprint density at radius 1 is 1.08 bits per heavy atom. The zero-order valence-electron chi connectivity index (χ0n) is 13.7. The van der Waals surface area contributed by atoms with Crippen molar-refractivity contribution in [2.45, 2.75) is 26.3 Å². The molecular weight excluding hydrogens is 300 g/mol. The van der Waals surface area contributed by atoms with E-state index >= 15 is 0 Å². The van der Waals surface area contributed by atoms with Gasteiger partial charge in [0.15, 0.2) is 5.82 Å². The van der Waals surface area contributed by atoms with Crippen LogP contribution in [0.5, 0.6) is 0 Å². The second-order valence-corrected chi connectivity index (χ2v) is 5.54. The third-order valence-corrected chi connectivity index (χ3v) is 3.84. The number of aromatic amines is 1. The fraction of sp³-hybridized carbons (Fsp3) is 0.211. The Morgan fingerprint density at radius 2 is 1.71 bits per heavy atom. The summed E-state index contributed by atoms with van der Waals surface area (Å²) >= 11 is 0. The van der Waals surface area contributed by atoms with Crippen molar-refractivity contribution in [3.63, 3.8) is 0 Å². The summed E-state index contributed by atoms with van der Waals surface area (Å²) in [5.41, 5.74) is 2.51. The van der Waals surface area contributed by atoms with Crippen molar-refractivity contribution in [1.82, 2.24) is 19.7 Å². The first kappa shape index (κ1) is 15.8. The fourth-order valence-corrected chi connectivity index (χ4v) is 2.23. The molecule has 3 rings (SSSR count). The van der Waals surface area contributed by atoms with Crippen LogP contribution in [-0.2, 0) is 0 Å². The average molecular weight is 318 g/mol. The van der Waals surface area contributed by atoms with Crippen molar-refractivity contribution in [3.05, 3.63) is 70.4 Å². The van der Waals surface area contributed by atoms with Gasteiger partial charge < -0.3 is 0 Å². The fourth-order valence-electron chi connectivity index (χ4n) is 2.23. The monoisotopic (exact) mass is 318 g/mol. The highest BCUT2D eigenvalue weighted by atomic mass is 16.2. The van der Waals surface area contributed by atoms with Crippen LogP contribution in [0, 0.1) is 11.8 Å². The normalized spacial score (nSPS) is 11.6. The van der Waals surface area contributed by atoms with Crippen molar-refractivity contribution in [1.29, 1.82) is 0 Å². The summed E-state index contributed by atoms with van der Waals surface area (Å²) in [6, 6.07) is 11.5. The largest absolute Gasteiger partial charge is 0.343 e. The summed E-state index contributed by atoms with van der Waals surface area (Å²) in [4.78, 5) is 18.7. The highest BCUT2D eigenvalue weighted by Gasteiger charge is 2.11. The maximum atomic E-state index is 12.0. The van der Waals surface area contributed by atoms with Crippen LogP contribution in [0.3, 0.4) is 0 Å². The molecule has 1 unspecified atom stereocenters. The molecule has 0 bridgehead atoms. The molecular formula is C19H18N4O. The molecule has 5 nitrogen and oxygen atoms in total. The first-order valence-electron chi connectivity index (χ1n) is 7.88. The van der Waals surface area contributed by atoms with Gasteiger partial charge in [-0.2, -0.15) is 0 Å². The number of nitrogens with one attached hydrogen (secondary N) is 1. The van der Waals surface area contributed by atoms with Gasteiger partial charge >= 0.3 is 5.69 Å². The van der Waals surface area contributed by atoms with Crippen LogP contribution >= 0.6 is 0 Å². The number of benzene rings is 1. The molecule has 1 atom stereocenters. The third kappa shape index (κ3) is 3.44. The van der Waals surface area contributed by atoms with Crippen molar-refractivity contribution in [3.8, 4) is 23.2 Å². The van der Waals surface area contributed by atoms with Gasteiger partial charge in [0, 0.05) is 29.1 Å². The minimum atomic E-state index is -0.180. The van der Waals surface area contributed by atoms with E-state index in [9.17, 15) is 4.79 Å². The Hall–Kier alpha value is -3.13. The van der Waals surface area contributed by atoms with Crippen LogP contribution in [0.1, 0.15) is 37.4 Å². The Labute approximate surface area is 140 Å². The molecule has 1 aromatic carbocycles. The summed E-state index contributed by atoms with van der Waals surface area (Å²) in [7, 11) is 0. The summed E-state index contributed by atoms with van der Waals surface area (Å²) in [6.45, 7) is 4.01. The van der Waals surface area contributed by atoms with Crippen LogP contribution in [0.25, 0.3) is 11.4 Å². The maximum absolute atomic E-state index is 12.0. The van der Waals surface area contributed by atoms with E-state index in [1.807, 2.05) is 50.2 Å². The number of pyridine rings is 1. The van der Waals surface area contributed by atoms with Crippen LogP contribution in [0.4, 0.5) is 0 Å². The van der Waals surface area contributed by atoms with Gasteiger partial charge in [-0.3, -0.25) is 9.97 Å². The molecule has 2 aromatic heterocycles. The van der Waals surface area contributed by atoms with Crippen LogP contribution in [0.15, 0.2) is 53.6 Å². The van der Waals surface area contributed by atoms with Gasteiger partial charge in [0.25, 0.3) is 0 Å². The topological polar surface area (TPSA) is 63.6 Å². The molecule has 0 fully saturated rings. The molecule has 0 radical (unpaired) electrons. The number of aromatic nitrogens is 4. The van der Waals surface area contributed by atoms with Crippen LogP contribution < -0.4 is 5.69 Å². The minimum absolute atomic E-state index is 0.0769. The van der Waals surface area contributed by atoms with Crippen molar-refractivity contribution in [2.75, 3.05) is 0 Å². The smallest absolute Gasteiger partial charge is 0.289 e. The molecule has 2 heterocycles. The predicted molar refractivity (Wildman–Crippen MR) is 93.5 cm³/mol. The lowest BCUT2D eigenvalue weighted by atomic mass is 10.1. The summed E-state index contributed by atoms with van der Waals surface area (Å²) in [5, 5.41) is 4.38. The number of H-pyrrole nitrogens is 1. The Balaban J connectivity index is 1.83. The molecule has 0 spiro atoms. The van der Waals surface area contributed by atoms with Crippen molar-refractivity contribution in [2.24, 2.45) is 0 Å². The van der Waals surface area contributed by atoms with Gasteiger partial charge in [-0.1, -0.05) is 18.8 Å². The lowest BCUT2D eigenvalue weighted by Gasteiger charge is -2.05. The van der Waals surface area contributed by atoms with E-state index in [2.05, 4.69) is 26.9 Å². The Kier molecular flexibility index (Phi) is 4.57. The zero-order valence-corrected chi connectivity index (χ0v) is 13.7. The molecule has 5 heteroatoms. The molecule has 120 valence electrons. The third-order valence-electron chi connectivity index (χ3n) is 3.84. The van der Waals surface area contributed by atoms with Gasteiger partial charge in [-0.25, -0.2) is 9.48 Å². The van der Waals surface area contributed by atoms with Crippen LogP contribution in [0.2, 0.25) is 0 Å². The predicted octanol–water partition coefficient (Wildman–Crippen LogP) is 3.00. The van der Waals surface area contributed by atoms with Gasteiger partial charge in [0.05, 0.1) is 6.04 Å². The summed E-state index contributed by atoms with van der Waals surface area (Å²) < 4.78 is 1.49. The van der Waals surface area contributed by atoms with Gasteiger partial charge in [0.1, 0.15) is 0 Å². The van der Waals surface area contributed by atoms with Crippen molar-refractivity contribution >= 4 is 0 Å². The van der Waals surface area contributed by atoms with E-state index in [0.717, 1.165) is 23.1 Å². The molecule has 0 aliphatic heterocycles. The molecule has 1 N–H and O–H groups in total. The Bertz CT molecular complexity index is 927. The van der Waals surface area contributed by atoms with E-state index in [-0.39, 0.29) is 11.7 Å². The van der Waals surface area contributed by atoms with E-state index in [1.165, 1.54) is 4.68 Å². The second kappa shape index (κ2) is 6.97. The second-order valence-electron chi connectivity index (χ2n) is 5.54. The number of hydrogen-bond acceptors (Lipinski definition) is 3. The number of hydrogen-bond donors (Lipinski definition) is 1. The van der Waals surface area contributed by atoms with Gasteiger partial charge in [-0.15, -0.1) is 5.10 Å². The van der Waals surface area contributed by atoms with E-state index in [1.54, 1.807) is 12.4 Å². The summed E-state index contributed by atoms with van der Waals surface area (Å²) in [6.07, 6.45) is 4.29. The number of nitrogens with zero attached hydrogens (tertiary/aromatic N) is 3. The Morgan fingerprint density at radius 3 is 2.33 bits per heavy atom. The summed E-state index contributed by atoms with van der Waals surface area (Å²) in [5.74, 6) is 6.77. The van der Waals surface area contributed by atoms with Gasteiger partial charge in [-0.05, 0) is 49.7 Å². The zero-order chi connectivity index (χ0) is 16.9. The number of rotatable bonds is 3. The molecule has 3 aromatic rings. The van der Waals surface area contributed by atoms with E-state index in [4.69, 9.17) is 0 Å². The highest BCUT2D eigenvalue weighted by Crippen LogP contribution is 2.15. The standard InChI is InChI=1S/C19H18N4O/c1-3-14(2)23-19(24)21-18(22-23)17-8-6-15(7-9-17)4-5-16-10-12-20-13-11-16/h6-14H,3H2,1-2H3,(H,21,22,24). The van der Waals surface area contributed by atoms with Crippen LogP contribution in [-0.4, -0.2) is 19.7 Å². The quantitative estimate of drug-likeness (QED) is 0.755. The molecule has 0 saturated heterocycles. The maximum Gasteiger partial charge on any atom is 0.343 e. The first-order chi connectivity index (χ1) is 11.7. The van der Waals surface area contributed by atoms with E-state index in [0.29, 0.717) is 5.82 Å².